The van der Waals surface area contributed by atoms with E-state index in [0.717, 1.165) is 6.07 Å². The number of hydrogen-bond acceptors (Lipinski definition) is 4. The lowest BCUT2D eigenvalue weighted by Gasteiger charge is -2.19. The molecule has 0 saturated heterocycles. The molecule has 0 saturated carbocycles. The van der Waals surface area contributed by atoms with Crippen LogP contribution in [0.1, 0.15) is 27.8 Å². The lowest BCUT2D eigenvalue weighted by atomic mass is 9.84. The molecule has 4 aromatic rings. The highest BCUT2D eigenvalue weighted by Gasteiger charge is 2.42. The minimum absolute atomic E-state index is 0.199. The molecule has 0 fully saturated rings. The van der Waals surface area contributed by atoms with E-state index < -0.39 is 12.1 Å². The van der Waals surface area contributed by atoms with Crippen LogP contribution >= 0.6 is 0 Å². The molecule has 0 radical (unpaired) electrons. The molecule has 6 rings (SSSR count). The van der Waals surface area contributed by atoms with Crippen LogP contribution in [0.3, 0.4) is 0 Å². The molecule has 0 amide bonds. The molecule has 2 aliphatic carbocycles. The lowest BCUT2D eigenvalue weighted by molar-refractivity contribution is -0.274. The number of nitriles is 3. The zero-order valence-corrected chi connectivity index (χ0v) is 23.7. The largest absolute Gasteiger partial charge is 0.573 e. The summed E-state index contributed by atoms with van der Waals surface area (Å²) in [5, 5.41) is 29.8. The van der Waals surface area contributed by atoms with Crippen LogP contribution in [0.25, 0.3) is 59.1 Å². The second kappa shape index (κ2) is 11.3. The summed E-state index contributed by atoms with van der Waals surface area (Å²) < 4.78 is 43.9. The normalized spacial score (nSPS) is 14.6. The summed E-state index contributed by atoms with van der Waals surface area (Å²) in [4.78, 5) is 10.5. The number of alkyl halides is 3. The van der Waals surface area contributed by atoms with Crippen LogP contribution in [0.2, 0.25) is 0 Å². The standard InChI is InChI=1S/C37H13F3N6O/c1-44-23-14-12-20(13-15-23)24-6-4-8-26-31(24)35(28(18-42)45-2)34-27-9-5-7-25(32(27)36(33(26)34)29(19-43)46-3)21-10-11-22(17-41)30(16-21)47-37(38,39)40/h4-16H/b35-28+,36-29-. The van der Waals surface area contributed by atoms with E-state index in [0.29, 0.717) is 55.8 Å². The Morgan fingerprint density at radius 3 is 1.60 bits per heavy atom. The van der Waals surface area contributed by atoms with Gasteiger partial charge in [-0.3, -0.25) is 0 Å². The Labute approximate surface area is 266 Å². The third-order valence-electron chi connectivity index (χ3n) is 7.77. The number of halogens is 3. The number of rotatable bonds is 3. The lowest BCUT2D eigenvalue weighted by Crippen LogP contribution is -2.17. The summed E-state index contributed by atoms with van der Waals surface area (Å²) in [6.07, 6.45) is -5.07. The summed E-state index contributed by atoms with van der Waals surface area (Å²) >= 11 is 0. The van der Waals surface area contributed by atoms with E-state index in [1.54, 1.807) is 60.7 Å². The fourth-order valence-electron chi connectivity index (χ4n) is 6.03. The van der Waals surface area contributed by atoms with Crippen molar-refractivity contribution in [1.29, 1.82) is 15.8 Å². The predicted molar refractivity (Wildman–Crippen MR) is 166 cm³/mol. The average molecular weight is 615 g/mol. The zero-order valence-electron chi connectivity index (χ0n) is 23.7. The fourth-order valence-corrected chi connectivity index (χ4v) is 6.03. The van der Waals surface area contributed by atoms with Crippen LogP contribution < -0.4 is 4.74 Å². The molecule has 4 aromatic carbocycles. The van der Waals surface area contributed by atoms with E-state index in [1.165, 1.54) is 12.1 Å². The number of allylic oxidation sites excluding steroid dienone is 6. The second-order valence-electron chi connectivity index (χ2n) is 10.1. The Bertz CT molecular complexity index is 2390. The molecule has 7 nitrogen and oxygen atoms in total. The van der Waals surface area contributed by atoms with Crippen molar-refractivity contribution >= 4 is 28.0 Å². The van der Waals surface area contributed by atoms with Gasteiger partial charge in [-0.05, 0) is 67.8 Å². The van der Waals surface area contributed by atoms with Crippen molar-refractivity contribution in [2.75, 3.05) is 0 Å². The maximum atomic E-state index is 13.3. The van der Waals surface area contributed by atoms with Crippen molar-refractivity contribution in [2.45, 2.75) is 6.36 Å². The second-order valence-corrected chi connectivity index (χ2v) is 10.1. The van der Waals surface area contributed by atoms with Gasteiger partial charge in [-0.25, -0.2) is 25.1 Å². The van der Waals surface area contributed by atoms with Crippen molar-refractivity contribution < 1.29 is 17.9 Å². The smallest absolute Gasteiger partial charge is 0.404 e. The Hall–Kier alpha value is -7.37. The summed E-state index contributed by atoms with van der Waals surface area (Å²) in [7, 11) is 0. The topological polar surface area (TPSA) is 93.7 Å². The van der Waals surface area contributed by atoms with Gasteiger partial charge in [0.2, 0.25) is 0 Å². The van der Waals surface area contributed by atoms with Crippen molar-refractivity contribution in [1.82, 2.24) is 0 Å². The molecule has 0 atom stereocenters. The average Bonchev–Trinajstić information content (AvgIpc) is 3.59. The Balaban J connectivity index is 1.69. The minimum atomic E-state index is -5.07. The molecule has 10 heteroatoms. The van der Waals surface area contributed by atoms with Crippen molar-refractivity contribution in [3.63, 3.8) is 0 Å². The van der Waals surface area contributed by atoms with Gasteiger partial charge in [-0.15, -0.1) is 13.2 Å². The van der Waals surface area contributed by atoms with Gasteiger partial charge in [-0.2, -0.15) is 5.26 Å². The Kier molecular flexibility index (Phi) is 7.13. The maximum absolute atomic E-state index is 13.3. The quantitative estimate of drug-likeness (QED) is 0.170. The molecule has 0 unspecified atom stereocenters. The first kappa shape index (κ1) is 29.7. The number of benzene rings is 4. The van der Waals surface area contributed by atoms with Gasteiger partial charge in [-0.1, -0.05) is 66.7 Å². The molecular weight excluding hydrogens is 601 g/mol. The summed E-state index contributed by atoms with van der Waals surface area (Å²) in [5.74, 6) is -0.718. The van der Waals surface area contributed by atoms with Crippen LogP contribution in [0, 0.1) is 53.7 Å². The molecular formula is C37H13F3N6O. The van der Waals surface area contributed by atoms with E-state index in [2.05, 4.69) is 19.3 Å². The van der Waals surface area contributed by atoms with E-state index in [4.69, 9.17) is 19.7 Å². The highest BCUT2D eigenvalue weighted by molar-refractivity contribution is 6.39. The van der Waals surface area contributed by atoms with Gasteiger partial charge in [0.25, 0.3) is 11.4 Å². The molecule has 2 aliphatic rings. The monoisotopic (exact) mass is 614 g/mol. The first-order valence-corrected chi connectivity index (χ1v) is 13.5. The summed E-state index contributed by atoms with van der Waals surface area (Å²) in [6, 6.07) is 26.4. The van der Waals surface area contributed by atoms with E-state index in [1.807, 2.05) is 18.2 Å². The molecule has 0 aromatic heterocycles. The first-order chi connectivity index (χ1) is 22.7. The number of nitrogens with zero attached hydrogens (tertiary/aromatic N) is 6. The number of ether oxygens (including phenoxy) is 1. The molecule has 218 valence electrons. The van der Waals surface area contributed by atoms with Crippen molar-refractivity contribution in [3.05, 3.63) is 152 Å². The Morgan fingerprint density at radius 1 is 0.660 bits per heavy atom. The zero-order chi connectivity index (χ0) is 33.5. The van der Waals surface area contributed by atoms with Gasteiger partial charge in [0, 0.05) is 11.1 Å². The van der Waals surface area contributed by atoms with Gasteiger partial charge in [0.15, 0.2) is 5.69 Å². The minimum Gasteiger partial charge on any atom is -0.404 e. The molecule has 0 aliphatic heterocycles. The third kappa shape index (κ3) is 4.73. The Morgan fingerprint density at radius 2 is 1.15 bits per heavy atom. The van der Waals surface area contributed by atoms with E-state index >= 15 is 0 Å². The van der Waals surface area contributed by atoms with Gasteiger partial charge >= 0.3 is 6.36 Å². The van der Waals surface area contributed by atoms with E-state index in [-0.39, 0.29) is 33.7 Å². The summed E-state index contributed by atoms with van der Waals surface area (Å²) in [5.41, 5.74) is 4.70. The van der Waals surface area contributed by atoms with Crippen LogP contribution in [-0.4, -0.2) is 6.36 Å². The van der Waals surface area contributed by atoms with Crippen LogP contribution in [0.4, 0.5) is 18.9 Å². The number of fused-ring (bicyclic) bond motifs is 4. The van der Waals surface area contributed by atoms with Gasteiger partial charge in [0.05, 0.1) is 37.4 Å². The predicted octanol–water partition coefficient (Wildman–Crippen LogP) is 9.59. The highest BCUT2D eigenvalue weighted by atomic mass is 19.4. The molecule has 47 heavy (non-hydrogen) atoms. The molecule has 0 N–H and O–H groups in total. The van der Waals surface area contributed by atoms with Gasteiger partial charge in [0.1, 0.15) is 11.8 Å². The van der Waals surface area contributed by atoms with Crippen LogP contribution in [0.5, 0.6) is 5.75 Å². The van der Waals surface area contributed by atoms with Crippen molar-refractivity contribution in [2.24, 2.45) is 0 Å². The maximum Gasteiger partial charge on any atom is 0.573 e. The fraction of sp³-hybridized carbons (Fsp3) is 0.0270. The van der Waals surface area contributed by atoms with E-state index in [9.17, 15) is 29.0 Å². The van der Waals surface area contributed by atoms with Gasteiger partial charge < -0.3 is 4.74 Å². The summed E-state index contributed by atoms with van der Waals surface area (Å²) in [6.45, 7) is 23.1. The highest BCUT2D eigenvalue weighted by Crippen LogP contribution is 2.62. The first-order valence-electron chi connectivity index (χ1n) is 13.5. The number of hydrogen-bond donors (Lipinski definition) is 0. The van der Waals surface area contributed by atoms with Crippen molar-refractivity contribution in [3.8, 4) is 46.2 Å². The van der Waals surface area contributed by atoms with Crippen LogP contribution in [0.15, 0.2) is 90.3 Å². The van der Waals surface area contributed by atoms with Crippen LogP contribution in [-0.2, 0) is 0 Å². The molecule has 0 spiro atoms. The molecule has 0 bridgehead atoms. The third-order valence-corrected chi connectivity index (χ3v) is 7.77. The molecule has 0 heterocycles. The SMILES string of the molecule is [C-]#[N+]/C(C#N)=C1C2=C(/C(=C(\C#N)[N+]#[C-])c3c2cccc3-c2ccc([N+]#[C-])cc2)c2cccc(-c3ccc(C#N)c(OC(F)(F)F)c3)c2\1.